The Balaban J connectivity index is 4.26. The predicted molar refractivity (Wildman–Crippen MR) is 74.1 cm³/mol. The SMILES string of the molecule is CC(NC(=O)CN)C(=O)NCC(=O)NC(C(=O)O)C(C)C. The molecule has 0 rings (SSSR count). The van der Waals surface area contributed by atoms with Gasteiger partial charge in [0.2, 0.25) is 17.7 Å². The van der Waals surface area contributed by atoms with Gasteiger partial charge in [0.05, 0.1) is 13.1 Å². The molecule has 0 aliphatic carbocycles. The minimum absolute atomic E-state index is 0.243. The lowest BCUT2D eigenvalue weighted by Gasteiger charge is -2.18. The van der Waals surface area contributed by atoms with E-state index in [2.05, 4.69) is 16.0 Å². The van der Waals surface area contributed by atoms with Gasteiger partial charge in [-0.05, 0) is 12.8 Å². The smallest absolute Gasteiger partial charge is 0.326 e. The van der Waals surface area contributed by atoms with Gasteiger partial charge in [-0.15, -0.1) is 0 Å². The Labute approximate surface area is 122 Å². The molecule has 0 saturated heterocycles. The van der Waals surface area contributed by atoms with Crippen LogP contribution in [0.15, 0.2) is 0 Å². The first-order chi connectivity index (χ1) is 9.68. The van der Waals surface area contributed by atoms with Crippen LogP contribution in [0.1, 0.15) is 20.8 Å². The first kappa shape index (κ1) is 18.8. The van der Waals surface area contributed by atoms with Gasteiger partial charge in [0, 0.05) is 0 Å². The second-order valence-electron chi connectivity index (χ2n) is 4.84. The Kier molecular flexibility index (Phi) is 7.99. The minimum atomic E-state index is -1.15. The van der Waals surface area contributed by atoms with Crippen molar-refractivity contribution in [3.05, 3.63) is 0 Å². The van der Waals surface area contributed by atoms with Gasteiger partial charge < -0.3 is 26.8 Å². The van der Waals surface area contributed by atoms with Crippen molar-refractivity contribution in [2.45, 2.75) is 32.9 Å². The molecule has 0 fully saturated rings. The monoisotopic (exact) mass is 302 g/mol. The number of nitrogens with two attached hydrogens (primary N) is 1. The summed E-state index contributed by atoms with van der Waals surface area (Å²) >= 11 is 0. The molecule has 0 spiro atoms. The predicted octanol–water partition coefficient (Wildman–Crippen LogP) is -2.21. The highest BCUT2D eigenvalue weighted by atomic mass is 16.4. The van der Waals surface area contributed by atoms with Crippen molar-refractivity contribution in [1.82, 2.24) is 16.0 Å². The van der Waals surface area contributed by atoms with Crippen molar-refractivity contribution in [3.8, 4) is 0 Å². The molecule has 3 amide bonds. The van der Waals surface area contributed by atoms with Gasteiger partial charge in [-0.2, -0.15) is 0 Å². The van der Waals surface area contributed by atoms with Crippen molar-refractivity contribution in [2.24, 2.45) is 11.7 Å². The van der Waals surface area contributed by atoms with Crippen LogP contribution in [-0.2, 0) is 19.2 Å². The van der Waals surface area contributed by atoms with E-state index in [1.54, 1.807) is 13.8 Å². The number of hydrogen-bond acceptors (Lipinski definition) is 5. The van der Waals surface area contributed by atoms with Gasteiger partial charge in [0.1, 0.15) is 12.1 Å². The maximum absolute atomic E-state index is 11.6. The summed E-state index contributed by atoms with van der Waals surface area (Å²) in [7, 11) is 0. The van der Waals surface area contributed by atoms with Crippen LogP contribution in [0.2, 0.25) is 0 Å². The van der Waals surface area contributed by atoms with E-state index >= 15 is 0 Å². The first-order valence-corrected chi connectivity index (χ1v) is 6.48. The highest BCUT2D eigenvalue weighted by molar-refractivity contribution is 5.91. The van der Waals surface area contributed by atoms with E-state index in [-0.39, 0.29) is 19.0 Å². The van der Waals surface area contributed by atoms with E-state index in [0.717, 1.165) is 0 Å². The molecule has 2 unspecified atom stereocenters. The normalized spacial score (nSPS) is 13.2. The van der Waals surface area contributed by atoms with Crippen LogP contribution >= 0.6 is 0 Å². The van der Waals surface area contributed by atoms with Gasteiger partial charge in [0.15, 0.2) is 0 Å². The van der Waals surface area contributed by atoms with E-state index in [0.29, 0.717) is 0 Å². The van der Waals surface area contributed by atoms with Crippen molar-refractivity contribution >= 4 is 23.7 Å². The molecule has 0 aromatic carbocycles. The standard InChI is InChI=1S/C12H22N4O5/c1-6(2)10(12(20)21)16-9(18)5-14-11(19)7(3)15-8(17)4-13/h6-7,10H,4-5,13H2,1-3H3,(H,14,19)(H,15,17)(H,16,18)(H,20,21). The molecule has 0 saturated carbocycles. The number of rotatable bonds is 8. The largest absolute Gasteiger partial charge is 0.480 e. The zero-order chi connectivity index (χ0) is 16.6. The quantitative estimate of drug-likeness (QED) is 0.343. The molecule has 0 aromatic heterocycles. The topological polar surface area (TPSA) is 151 Å². The minimum Gasteiger partial charge on any atom is -0.480 e. The number of amides is 3. The van der Waals surface area contributed by atoms with Crippen molar-refractivity contribution < 1.29 is 24.3 Å². The second-order valence-corrected chi connectivity index (χ2v) is 4.84. The highest BCUT2D eigenvalue weighted by Gasteiger charge is 2.23. The average molecular weight is 302 g/mol. The number of hydrogen-bond donors (Lipinski definition) is 5. The molecule has 0 aromatic rings. The van der Waals surface area contributed by atoms with Crippen molar-refractivity contribution in [1.29, 1.82) is 0 Å². The first-order valence-electron chi connectivity index (χ1n) is 6.48. The van der Waals surface area contributed by atoms with E-state index in [9.17, 15) is 19.2 Å². The van der Waals surface area contributed by atoms with Gasteiger partial charge in [-0.25, -0.2) is 4.79 Å². The third-order valence-corrected chi connectivity index (χ3v) is 2.63. The Morgan fingerprint density at radius 1 is 1.05 bits per heavy atom. The fourth-order valence-electron chi connectivity index (χ4n) is 1.42. The molecule has 0 aliphatic heterocycles. The lowest BCUT2D eigenvalue weighted by atomic mass is 10.1. The van der Waals surface area contributed by atoms with Crippen LogP contribution in [0, 0.1) is 5.92 Å². The van der Waals surface area contributed by atoms with E-state index in [1.165, 1.54) is 6.92 Å². The summed E-state index contributed by atoms with van der Waals surface area (Å²) in [5, 5.41) is 15.8. The molecule has 21 heavy (non-hydrogen) atoms. The number of aliphatic carboxylic acids is 1. The highest BCUT2D eigenvalue weighted by Crippen LogP contribution is 2.01. The molecular formula is C12H22N4O5. The molecular weight excluding hydrogens is 280 g/mol. The third kappa shape index (κ3) is 7.25. The van der Waals surface area contributed by atoms with Crippen LogP contribution in [-0.4, -0.2) is 54.0 Å². The second kappa shape index (κ2) is 8.90. The zero-order valence-electron chi connectivity index (χ0n) is 12.3. The Morgan fingerprint density at radius 3 is 2.05 bits per heavy atom. The number of carbonyl (C=O) groups is 4. The molecule has 0 radical (unpaired) electrons. The summed E-state index contributed by atoms with van der Waals surface area (Å²) in [5.74, 6) is -3.11. The summed E-state index contributed by atoms with van der Waals surface area (Å²) < 4.78 is 0. The fourth-order valence-corrected chi connectivity index (χ4v) is 1.42. The third-order valence-electron chi connectivity index (χ3n) is 2.63. The summed E-state index contributed by atoms with van der Waals surface area (Å²) in [5.41, 5.74) is 5.09. The number of carbonyl (C=O) groups excluding carboxylic acids is 3. The molecule has 2 atom stereocenters. The number of nitrogens with one attached hydrogen (secondary N) is 3. The number of carboxylic acids is 1. The molecule has 9 heteroatoms. The van der Waals surface area contributed by atoms with Crippen LogP contribution in [0.3, 0.4) is 0 Å². The zero-order valence-corrected chi connectivity index (χ0v) is 12.3. The molecule has 6 N–H and O–H groups in total. The van der Waals surface area contributed by atoms with Crippen molar-refractivity contribution in [2.75, 3.05) is 13.1 Å². The summed E-state index contributed by atoms with van der Waals surface area (Å²) in [4.78, 5) is 45.1. The molecule has 120 valence electrons. The van der Waals surface area contributed by atoms with Crippen LogP contribution in [0.4, 0.5) is 0 Å². The fraction of sp³-hybridized carbons (Fsp3) is 0.667. The van der Waals surface area contributed by atoms with Gasteiger partial charge in [-0.3, -0.25) is 14.4 Å². The number of carboxylic acid groups (broad SMARTS) is 1. The maximum Gasteiger partial charge on any atom is 0.326 e. The lowest BCUT2D eigenvalue weighted by Crippen LogP contribution is -2.51. The van der Waals surface area contributed by atoms with Crippen LogP contribution in [0.5, 0.6) is 0 Å². The molecule has 0 aliphatic rings. The average Bonchev–Trinajstić information content (AvgIpc) is 2.40. The maximum atomic E-state index is 11.6. The Hall–Kier alpha value is -2.16. The lowest BCUT2D eigenvalue weighted by molar-refractivity contribution is -0.143. The van der Waals surface area contributed by atoms with E-state index in [4.69, 9.17) is 10.8 Å². The van der Waals surface area contributed by atoms with Gasteiger partial charge in [-0.1, -0.05) is 13.8 Å². The molecule has 9 nitrogen and oxygen atoms in total. The van der Waals surface area contributed by atoms with E-state index < -0.39 is 35.8 Å². The molecule has 0 bridgehead atoms. The van der Waals surface area contributed by atoms with Gasteiger partial charge >= 0.3 is 5.97 Å². The van der Waals surface area contributed by atoms with Gasteiger partial charge in [0.25, 0.3) is 0 Å². The summed E-state index contributed by atoms with van der Waals surface area (Å²) in [6.45, 7) is 4.13. The Bertz CT molecular complexity index is 410. The van der Waals surface area contributed by atoms with Crippen LogP contribution < -0.4 is 21.7 Å². The summed E-state index contributed by atoms with van der Waals surface area (Å²) in [6, 6.07) is -1.86. The van der Waals surface area contributed by atoms with E-state index in [1.807, 2.05) is 0 Å². The van der Waals surface area contributed by atoms with Crippen molar-refractivity contribution in [3.63, 3.8) is 0 Å². The van der Waals surface area contributed by atoms with Crippen LogP contribution in [0.25, 0.3) is 0 Å². The Morgan fingerprint density at radius 2 is 1.62 bits per heavy atom. The molecule has 0 heterocycles. The summed E-state index contributed by atoms with van der Waals surface area (Å²) in [6.07, 6.45) is 0.